The van der Waals surface area contributed by atoms with Gasteiger partial charge in [0, 0.05) is 48.2 Å². The summed E-state index contributed by atoms with van der Waals surface area (Å²) in [6, 6.07) is 11.9. The molecule has 0 saturated heterocycles. The minimum atomic E-state index is -0.276. The molecular formula is C19H16FN5. The summed E-state index contributed by atoms with van der Waals surface area (Å²) in [5.41, 5.74) is 2.13. The fraction of sp³-hybridized carbons (Fsp3) is 0.0526. The zero-order valence-electron chi connectivity index (χ0n) is 13.4. The van der Waals surface area contributed by atoms with Crippen LogP contribution in [0.5, 0.6) is 0 Å². The van der Waals surface area contributed by atoms with Gasteiger partial charge in [0.25, 0.3) is 0 Å². The molecule has 0 aliphatic heterocycles. The van der Waals surface area contributed by atoms with Crippen molar-refractivity contribution >= 4 is 11.4 Å². The summed E-state index contributed by atoms with van der Waals surface area (Å²) in [6.07, 6.45) is 8.14. The van der Waals surface area contributed by atoms with Gasteiger partial charge in [-0.15, -0.1) is 0 Å². The normalized spacial score (nSPS) is 11.2. The van der Waals surface area contributed by atoms with Crippen LogP contribution in [0.3, 0.4) is 0 Å². The first-order valence-corrected chi connectivity index (χ1v) is 7.69. The van der Waals surface area contributed by atoms with Crippen molar-refractivity contribution in [1.29, 1.82) is 5.41 Å². The van der Waals surface area contributed by atoms with Gasteiger partial charge >= 0.3 is 0 Å². The fourth-order valence-corrected chi connectivity index (χ4v) is 2.24. The lowest BCUT2D eigenvalue weighted by Crippen LogP contribution is -2.15. The number of hydrogen-bond acceptors (Lipinski definition) is 5. The number of allylic oxidation sites excluding steroid dienone is 1. The molecule has 2 N–H and O–H groups in total. The Bertz CT molecular complexity index is 879. The zero-order valence-corrected chi connectivity index (χ0v) is 13.4. The molecular weight excluding hydrogens is 317 g/mol. The van der Waals surface area contributed by atoms with E-state index >= 15 is 0 Å². The van der Waals surface area contributed by atoms with Crippen molar-refractivity contribution in [3.8, 4) is 0 Å². The molecule has 0 aliphatic carbocycles. The van der Waals surface area contributed by atoms with Crippen molar-refractivity contribution < 1.29 is 4.39 Å². The Morgan fingerprint density at radius 1 is 1.04 bits per heavy atom. The number of pyridine rings is 1. The highest BCUT2D eigenvalue weighted by atomic mass is 19.1. The molecule has 25 heavy (non-hydrogen) atoms. The third kappa shape index (κ3) is 4.32. The molecule has 0 unspecified atom stereocenters. The Balaban J connectivity index is 1.87. The van der Waals surface area contributed by atoms with Crippen LogP contribution in [0.15, 0.2) is 73.3 Å². The van der Waals surface area contributed by atoms with Crippen molar-refractivity contribution in [1.82, 2.24) is 20.3 Å². The van der Waals surface area contributed by atoms with Crippen LogP contribution in [0, 0.1) is 11.2 Å². The lowest BCUT2D eigenvalue weighted by Gasteiger charge is -2.12. The van der Waals surface area contributed by atoms with Crippen LogP contribution < -0.4 is 5.32 Å². The zero-order chi connectivity index (χ0) is 17.5. The molecule has 2 heterocycles. The van der Waals surface area contributed by atoms with E-state index in [1.807, 2.05) is 6.07 Å². The molecule has 3 rings (SSSR count). The molecule has 0 atom stereocenters. The summed E-state index contributed by atoms with van der Waals surface area (Å²) in [6.45, 7) is 0.288. The monoisotopic (exact) mass is 333 g/mol. The van der Waals surface area contributed by atoms with E-state index in [4.69, 9.17) is 5.41 Å². The van der Waals surface area contributed by atoms with Crippen molar-refractivity contribution in [2.24, 2.45) is 0 Å². The summed E-state index contributed by atoms with van der Waals surface area (Å²) in [4.78, 5) is 12.2. The largest absolute Gasteiger partial charge is 0.380 e. The maximum absolute atomic E-state index is 13.8. The Kier molecular flexibility index (Phi) is 5.21. The van der Waals surface area contributed by atoms with Crippen LogP contribution in [-0.2, 0) is 6.54 Å². The molecule has 0 aliphatic rings. The molecule has 0 bridgehead atoms. The van der Waals surface area contributed by atoms with Gasteiger partial charge in [-0.2, -0.15) is 0 Å². The molecule has 0 radical (unpaired) electrons. The Morgan fingerprint density at radius 2 is 1.84 bits per heavy atom. The summed E-state index contributed by atoms with van der Waals surface area (Å²) in [5, 5.41) is 11.4. The highest BCUT2D eigenvalue weighted by molar-refractivity contribution is 6.07. The quantitative estimate of drug-likeness (QED) is 0.679. The second-order valence-corrected chi connectivity index (χ2v) is 5.23. The molecule has 3 aromatic rings. The van der Waals surface area contributed by atoms with E-state index in [9.17, 15) is 4.39 Å². The first-order chi connectivity index (χ1) is 12.2. The van der Waals surface area contributed by atoms with E-state index in [2.05, 4.69) is 20.3 Å². The van der Waals surface area contributed by atoms with Gasteiger partial charge in [-0.05, 0) is 30.3 Å². The molecule has 0 amide bonds. The second-order valence-electron chi connectivity index (χ2n) is 5.23. The Labute approximate surface area is 144 Å². The number of halogens is 1. The molecule has 6 heteroatoms. The van der Waals surface area contributed by atoms with Crippen LogP contribution in [0.1, 0.15) is 17.0 Å². The summed E-state index contributed by atoms with van der Waals surface area (Å²) >= 11 is 0. The van der Waals surface area contributed by atoms with Crippen LogP contribution in [-0.4, -0.2) is 20.7 Å². The average molecular weight is 333 g/mol. The summed E-state index contributed by atoms with van der Waals surface area (Å²) in [5.74, 6) is 0.0404. The predicted octanol–water partition coefficient (Wildman–Crippen LogP) is 3.21. The third-order valence-corrected chi connectivity index (χ3v) is 3.50. The fourth-order valence-electron chi connectivity index (χ4n) is 2.24. The minimum Gasteiger partial charge on any atom is -0.380 e. The second kappa shape index (κ2) is 7.92. The molecule has 1 aromatic carbocycles. The van der Waals surface area contributed by atoms with Crippen LogP contribution in [0.4, 0.5) is 4.39 Å². The first-order valence-electron chi connectivity index (χ1n) is 7.69. The van der Waals surface area contributed by atoms with E-state index in [1.165, 1.54) is 6.07 Å². The van der Waals surface area contributed by atoms with E-state index < -0.39 is 0 Å². The number of aromatic nitrogens is 3. The minimum absolute atomic E-state index is 0.153. The highest BCUT2D eigenvalue weighted by Crippen LogP contribution is 2.13. The number of hydrogen-bond donors (Lipinski definition) is 2. The van der Waals surface area contributed by atoms with Crippen LogP contribution in [0.2, 0.25) is 0 Å². The average Bonchev–Trinajstić information content (AvgIpc) is 2.67. The molecule has 5 nitrogen and oxygen atoms in total. The number of nitrogens with one attached hydrogen (secondary N) is 2. The van der Waals surface area contributed by atoms with Gasteiger partial charge in [0.05, 0.1) is 0 Å². The van der Waals surface area contributed by atoms with Crippen LogP contribution in [0.25, 0.3) is 5.70 Å². The Morgan fingerprint density at radius 3 is 2.56 bits per heavy atom. The smallest absolute Gasteiger partial charge is 0.177 e. The summed E-state index contributed by atoms with van der Waals surface area (Å²) in [7, 11) is 0. The van der Waals surface area contributed by atoms with Crippen molar-refractivity contribution in [2.75, 3.05) is 0 Å². The molecule has 0 saturated carbocycles. The lowest BCUT2D eigenvalue weighted by atomic mass is 10.1. The van der Waals surface area contributed by atoms with Crippen molar-refractivity contribution in [3.63, 3.8) is 0 Å². The van der Waals surface area contributed by atoms with E-state index in [-0.39, 0.29) is 18.1 Å². The SMILES string of the molecule is N=C(/C=C(\NCc1ccccc1F)c1cccnc1)c1ncccn1. The standard InChI is InChI=1S/C19H16FN5/c20-16-7-2-1-5-14(16)13-25-18(15-6-3-8-22-12-15)11-17(21)19-23-9-4-10-24-19/h1-12,21,25H,13H2/b18-11-,21-17?. The number of rotatable bonds is 6. The maximum atomic E-state index is 13.8. The maximum Gasteiger partial charge on any atom is 0.177 e. The van der Waals surface area contributed by atoms with Crippen molar-refractivity contribution in [3.05, 3.63) is 96.1 Å². The van der Waals surface area contributed by atoms with E-state index in [0.29, 0.717) is 17.1 Å². The van der Waals surface area contributed by atoms with Gasteiger partial charge < -0.3 is 5.32 Å². The topological polar surface area (TPSA) is 74.6 Å². The van der Waals surface area contributed by atoms with Gasteiger partial charge in [-0.1, -0.05) is 18.2 Å². The Hall–Kier alpha value is -3.41. The van der Waals surface area contributed by atoms with Gasteiger partial charge in [0.15, 0.2) is 5.82 Å². The van der Waals surface area contributed by atoms with Gasteiger partial charge in [-0.25, -0.2) is 14.4 Å². The molecule has 2 aromatic heterocycles. The number of nitrogens with zero attached hydrogens (tertiary/aromatic N) is 3. The predicted molar refractivity (Wildman–Crippen MR) is 94.3 cm³/mol. The molecule has 124 valence electrons. The van der Waals surface area contributed by atoms with E-state index in [1.54, 1.807) is 61.2 Å². The third-order valence-electron chi connectivity index (χ3n) is 3.50. The first kappa shape index (κ1) is 16.4. The summed E-state index contributed by atoms with van der Waals surface area (Å²) < 4.78 is 13.8. The van der Waals surface area contributed by atoms with E-state index in [0.717, 1.165) is 5.56 Å². The highest BCUT2D eigenvalue weighted by Gasteiger charge is 2.08. The molecule has 0 fully saturated rings. The van der Waals surface area contributed by atoms with Gasteiger partial charge in [0.2, 0.25) is 0 Å². The number of benzene rings is 1. The van der Waals surface area contributed by atoms with Crippen LogP contribution >= 0.6 is 0 Å². The lowest BCUT2D eigenvalue weighted by molar-refractivity contribution is 0.605. The molecule has 0 spiro atoms. The van der Waals surface area contributed by atoms with Gasteiger partial charge in [0.1, 0.15) is 11.5 Å². The van der Waals surface area contributed by atoms with Crippen molar-refractivity contribution in [2.45, 2.75) is 6.54 Å². The van der Waals surface area contributed by atoms with Gasteiger partial charge in [-0.3, -0.25) is 10.4 Å².